The number of ether oxygens (including phenoxy) is 1. The molecule has 1 unspecified atom stereocenters. The average molecular weight is 545 g/mol. The van der Waals surface area contributed by atoms with Gasteiger partial charge >= 0.3 is 12.1 Å². The van der Waals surface area contributed by atoms with E-state index >= 15 is 0 Å². The van der Waals surface area contributed by atoms with E-state index in [1.807, 2.05) is 67.6 Å². The molecule has 0 saturated heterocycles. The van der Waals surface area contributed by atoms with Crippen LogP contribution in [0, 0.1) is 6.92 Å². The molecule has 5 aromatic rings. The van der Waals surface area contributed by atoms with Crippen molar-refractivity contribution < 1.29 is 19.4 Å². The van der Waals surface area contributed by atoms with Gasteiger partial charge in [0.15, 0.2) is 5.82 Å². The number of thiophene rings is 2. The molecular formula is C28H24N4O4S2. The molecule has 1 aliphatic carbocycles. The fourth-order valence-electron chi connectivity index (χ4n) is 4.43. The lowest BCUT2D eigenvalue weighted by Crippen LogP contribution is -2.18. The Morgan fingerprint density at radius 1 is 1.05 bits per heavy atom. The minimum absolute atomic E-state index is 0.407. The molecule has 3 heterocycles. The third kappa shape index (κ3) is 4.35. The molecule has 1 atom stereocenters. The predicted octanol–water partition coefficient (Wildman–Crippen LogP) is 6.94. The van der Waals surface area contributed by atoms with Crippen molar-refractivity contribution in [3.63, 3.8) is 0 Å². The van der Waals surface area contributed by atoms with Crippen LogP contribution in [0.25, 0.3) is 25.5 Å². The summed E-state index contributed by atoms with van der Waals surface area (Å²) in [7, 11) is 0. The van der Waals surface area contributed by atoms with Crippen molar-refractivity contribution in [3.05, 3.63) is 82.9 Å². The van der Waals surface area contributed by atoms with Gasteiger partial charge < -0.3 is 9.84 Å². The molecule has 6 rings (SSSR count). The first-order valence-electron chi connectivity index (χ1n) is 12.2. The number of rotatable bonds is 7. The van der Waals surface area contributed by atoms with Gasteiger partial charge in [0.05, 0.1) is 5.69 Å². The van der Waals surface area contributed by atoms with Gasteiger partial charge in [-0.05, 0) is 62.1 Å². The maximum Gasteiger partial charge on any atom is 0.413 e. The Morgan fingerprint density at radius 2 is 1.76 bits per heavy atom. The van der Waals surface area contributed by atoms with Crippen molar-refractivity contribution in [2.24, 2.45) is 0 Å². The van der Waals surface area contributed by atoms with E-state index in [0.29, 0.717) is 24.4 Å². The number of anilines is 1. The Balaban J connectivity index is 1.19. The number of carbonyl (C=O) groups excluding carboxylic acids is 1. The number of carbonyl (C=O) groups is 2. The van der Waals surface area contributed by atoms with Crippen molar-refractivity contribution in [3.8, 4) is 16.1 Å². The van der Waals surface area contributed by atoms with E-state index in [0.717, 1.165) is 36.0 Å². The highest BCUT2D eigenvalue weighted by Crippen LogP contribution is 2.53. The van der Waals surface area contributed by atoms with E-state index in [9.17, 15) is 14.7 Å². The molecule has 0 aliphatic heterocycles. The number of amides is 1. The van der Waals surface area contributed by atoms with Gasteiger partial charge in [-0.15, -0.1) is 27.8 Å². The molecule has 1 aliphatic rings. The minimum atomic E-state index is -0.724. The fourth-order valence-corrected chi connectivity index (χ4v) is 7.07. The largest absolute Gasteiger partial charge is 0.481 e. The number of carboxylic acids is 1. The maximum atomic E-state index is 12.6. The molecule has 1 saturated carbocycles. The van der Waals surface area contributed by atoms with Crippen LogP contribution in [0.15, 0.2) is 66.7 Å². The predicted molar refractivity (Wildman–Crippen MR) is 148 cm³/mol. The number of nitrogens with zero attached hydrogens (tertiary/aromatic N) is 3. The summed E-state index contributed by atoms with van der Waals surface area (Å²) in [5, 5.41) is 20.7. The third-order valence-electron chi connectivity index (χ3n) is 6.85. The molecule has 2 N–H and O–H groups in total. The zero-order valence-electron chi connectivity index (χ0n) is 20.7. The van der Waals surface area contributed by atoms with Crippen LogP contribution in [-0.4, -0.2) is 32.2 Å². The van der Waals surface area contributed by atoms with Gasteiger partial charge in [0.25, 0.3) is 0 Å². The van der Waals surface area contributed by atoms with Crippen LogP contribution in [0.4, 0.5) is 10.6 Å². The van der Waals surface area contributed by atoms with Crippen LogP contribution in [0.5, 0.6) is 0 Å². The maximum absolute atomic E-state index is 12.6. The van der Waals surface area contributed by atoms with E-state index in [1.165, 1.54) is 0 Å². The second-order valence-corrected chi connectivity index (χ2v) is 11.6. The Kier molecular flexibility index (Phi) is 6.00. The van der Waals surface area contributed by atoms with Crippen LogP contribution < -0.4 is 5.32 Å². The van der Waals surface area contributed by atoms with E-state index < -0.39 is 23.6 Å². The number of aromatic nitrogens is 3. The Hall–Kier alpha value is -4.02. The quantitative estimate of drug-likeness (QED) is 0.230. The molecule has 3 aromatic heterocycles. The van der Waals surface area contributed by atoms with Crippen molar-refractivity contribution in [1.82, 2.24) is 15.0 Å². The van der Waals surface area contributed by atoms with Crippen LogP contribution in [0.3, 0.4) is 0 Å². The second-order valence-electron chi connectivity index (χ2n) is 9.40. The Labute approximate surface area is 226 Å². The highest BCUT2D eigenvalue weighted by atomic mass is 32.1. The molecule has 1 fully saturated rings. The summed E-state index contributed by atoms with van der Waals surface area (Å²) >= 11 is 3.24. The van der Waals surface area contributed by atoms with Crippen molar-refractivity contribution in [2.45, 2.75) is 38.2 Å². The number of carboxylic acid groups (broad SMARTS) is 1. The van der Waals surface area contributed by atoms with Crippen molar-refractivity contribution in [1.29, 1.82) is 0 Å². The molecule has 0 radical (unpaired) electrons. The molecule has 1 amide bonds. The lowest BCUT2D eigenvalue weighted by molar-refractivity contribution is -0.139. The zero-order chi connectivity index (χ0) is 26.4. The average Bonchev–Trinajstić information content (AvgIpc) is 3.32. The highest BCUT2D eigenvalue weighted by Gasteiger charge is 2.53. The van der Waals surface area contributed by atoms with Gasteiger partial charge in [-0.25, -0.2) is 4.79 Å². The molecule has 2 aromatic carbocycles. The summed E-state index contributed by atoms with van der Waals surface area (Å²) in [6.07, 6.45) is 0.439. The Morgan fingerprint density at radius 3 is 2.42 bits per heavy atom. The lowest BCUT2D eigenvalue weighted by Gasteiger charge is -2.15. The summed E-state index contributed by atoms with van der Waals surface area (Å²) in [5.74, 6) is -0.280. The van der Waals surface area contributed by atoms with Crippen LogP contribution in [0.2, 0.25) is 0 Å². The molecule has 0 spiro atoms. The number of aliphatic carboxylic acids is 1. The van der Waals surface area contributed by atoms with Crippen LogP contribution >= 0.6 is 22.7 Å². The molecule has 10 heteroatoms. The zero-order valence-corrected chi connectivity index (χ0v) is 22.3. The number of aryl methyl sites for hydroxylation is 1. The summed E-state index contributed by atoms with van der Waals surface area (Å²) in [4.78, 5) is 26.4. The normalized spacial score (nSPS) is 14.8. The van der Waals surface area contributed by atoms with Crippen LogP contribution in [0.1, 0.15) is 42.0 Å². The fraction of sp³-hybridized carbons (Fsp3) is 0.214. The smallest absolute Gasteiger partial charge is 0.413 e. The van der Waals surface area contributed by atoms with Gasteiger partial charge in [-0.2, -0.15) is 4.68 Å². The Bertz CT molecular complexity index is 1620. The first-order valence-corrected chi connectivity index (χ1v) is 13.8. The summed E-state index contributed by atoms with van der Waals surface area (Å²) in [6, 6.07) is 21.6. The third-order valence-corrected chi connectivity index (χ3v) is 9.39. The molecule has 8 nitrogen and oxygen atoms in total. The van der Waals surface area contributed by atoms with Crippen molar-refractivity contribution in [2.75, 3.05) is 5.32 Å². The molecule has 0 bridgehead atoms. The van der Waals surface area contributed by atoms with Gasteiger partial charge in [0.1, 0.15) is 17.2 Å². The SMILES string of the molecule is Cc1nnn(-c2ccc(-c3cc4sc(C5(C(=O)O)CC5)cc4s3)cc2)c1NC(=O)OC(C)c1ccccc1. The summed E-state index contributed by atoms with van der Waals surface area (Å²) in [6.45, 7) is 3.60. The number of nitrogens with one attached hydrogen (secondary N) is 1. The van der Waals surface area contributed by atoms with E-state index in [4.69, 9.17) is 4.74 Å². The van der Waals surface area contributed by atoms with Gasteiger partial charge in [-0.1, -0.05) is 47.7 Å². The van der Waals surface area contributed by atoms with E-state index in [1.54, 1.807) is 34.3 Å². The number of fused-ring (bicyclic) bond motifs is 1. The van der Waals surface area contributed by atoms with Crippen LogP contribution in [-0.2, 0) is 14.9 Å². The van der Waals surface area contributed by atoms with Gasteiger partial charge in [0.2, 0.25) is 0 Å². The molecule has 192 valence electrons. The monoisotopic (exact) mass is 544 g/mol. The minimum Gasteiger partial charge on any atom is -0.481 e. The van der Waals surface area contributed by atoms with Gasteiger partial charge in [0, 0.05) is 19.2 Å². The van der Waals surface area contributed by atoms with E-state index in [-0.39, 0.29) is 0 Å². The summed E-state index contributed by atoms with van der Waals surface area (Å²) < 4.78 is 9.35. The number of benzene rings is 2. The topological polar surface area (TPSA) is 106 Å². The van der Waals surface area contributed by atoms with Crippen molar-refractivity contribution >= 4 is 50.0 Å². The second kappa shape index (κ2) is 9.38. The standard InChI is InChI=1S/C28H24N4O4S2/c1-16-25(29-27(35)36-17(2)18-6-4-3-5-7-18)32(31-30-16)20-10-8-19(9-11-20)21-14-22-23(37-21)15-24(38-22)28(12-13-28)26(33)34/h3-11,14-15,17H,12-13H2,1-2H3,(H,29,35)(H,33,34). The molecule has 38 heavy (non-hydrogen) atoms. The first kappa shape index (κ1) is 24.3. The highest BCUT2D eigenvalue weighted by molar-refractivity contribution is 7.29. The number of hydrogen-bond acceptors (Lipinski definition) is 7. The molecular weight excluding hydrogens is 520 g/mol. The summed E-state index contributed by atoms with van der Waals surface area (Å²) in [5.41, 5.74) is 2.60. The first-order chi connectivity index (χ1) is 18.3. The number of hydrogen-bond donors (Lipinski definition) is 2. The van der Waals surface area contributed by atoms with Gasteiger partial charge in [-0.3, -0.25) is 10.1 Å². The lowest BCUT2D eigenvalue weighted by atomic mass is 10.1. The van der Waals surface area contributed by atoms with E-state index in [2.05, 4.69) is 21.7 Å².